The Kier molecular flexibility index (Phi) is 4.17. The van der Waals surface area contributed by atoms with Gasteiger partial charge in [0.2, 0.25) is 0 Å². The first-order chi connectivity index (χ1) is 14.5. The summed E-state index contributed by atoms with van der Waals surface area (Å²) >= 11 is 0. The third-order valence-corrected chi connectivity index (χ3v) is 5.31. The molecule has 0 unspecified atom stereocenters. The lowest BCUT2D eigenvalue weighted by Gasteiger charge is -2.17. The number of ketones is 1. The molecule has 0 atom stereocenters. The van der Waals surface area contributed by atoms with E-state index in [1.807, 2.05) is 42.1 Å². The first kappa shape index (κ1) is 18.2. The SMILES string of the molecule is Cn1cc(C2=CC(=Nc3ccc(F)cc3F)c3ccccc3C2=O)c2ccccc21. The Morgan fingerprint density at radius 1 is 0.867 bits per heavy atom. The van der Waals surface area contributed by atoms with E-state index >= 15 is 0 Å². The highest BCUT2D eigenvalue weighted by Gasteiger charge is 2.27. The molecule has 1 aromatic heterocycles. The van der Waals surface area contributed by atoms with Crippen LogP contribution in [0.15, 0.2) is 84.0 Å². The van der Waals surface area contributed by atoms with Gasteiger partial charge in [0.25, 0.3) is 0 Å². The Bertz CT molecular complexity index is 1400. The topological polar surface area (TPSA) is 34.4 Å². The smallest absolute Gasteiger partial charge is 0.194 e. The van der Waals surface area contributed by atoms with Gasteiger partial charge in [-0.15, -0.1) is 0 Å². The Hall–Kier alpha value is -3.86. The predicted octanol–water partition coefficient (Wildman–Crippen LogP) is 5.86. The van der Waals surface area contributed by atoms with Crippen LogP contribution in [0.2, 0.25) is 0 Å². The van der Waals surface area contributed by atoms with Crippen molar-refractivity contribution in [2.75, 3.05) is 0 Å². The Balaban J connectivity index is 1.76. The van der Waals surface area contributed by atoms with E-state index in [0.717, 1.165) is 28.6 Å². The second-order valence-electron chi connectivity index (χ2n) is 7.20. The molecule has 0 saturated heterocycles. The van der Waals surface area contributed by atoms with E-state index in [-0.39, 0.29) is 11.5 Å². The average Bonchev–Trinajstić information content (AvgIpc) is 3.08. The molecule has 0 N–H and O–H groups in total. The summed E-state index contributed by atoms with van der Waals surface area (Å²) in [7, 11) is 1.93. The molecule has 146 valence electrons. The van der Waals surface area contributed by atoms with Crippen molar-refractivity contribution in [3.8, 4) is 0 Å². The molecule has 3 aromatic carbocycles. The molecular weight excluding hydrogens is 382 g/mol. The summed E-state index contributed by atoms with van der Waals surface area (Å²) in [5.41, 5.74) is 3.89. The Labute approximate surface area is 171 Å². The summed E-state index contributed by atoms with van der Waals surface area (Å²) in [6, 6.07) is 18.2. The number of carbonyl (C=O) groups excluding carboxylic acids is 1. The van der Waals surface area contributed by atoms with E-state index in [4.69, 9.17) is 0 Å². The number of benzene rings is 3. The Morgan fingerprint density at radius 2 is 1.60 bits per heavy atom. The number of aliphatic imine (C=N–C) groups is 1. The van der Waals surface area contributed by atoms with Crippen molar-refractivity contribution in [1.82, 2.24) is 4.57 Å². The minimum atomic E-state index is -0.753. The largest absolute Gasteiger partial charge is 0.350 e. The molecule has 0 radical (unpaired) electrons. The third-order valence-electron chi connectivity index (χ3n) is 5.31. The first-order valence-electron chi connectivity index (χ1n) is 9.47. The van der Waals surface area contributed by atoms with Gasteiger partial charge in [-0.3, -0.25) is 4.79 Å². The van der Waals surface area contributed by atoms with Crippen LogP contribution in [0, 0.1) is 11.6 Å². The van der Waals surface area contributed by atoms with Gasteiger partial charge in [-0.2, -0.15) is 0 Å². The fourth-order valence-electron chi connectivity index (χ4n) is 3.88. The molecule has 0 fully saturated rings. The molecule has 1 aliphatic rings. The van der Waals surface area contributed by atoms with Crippen molar-refractivity contribution in [1.29, 1.82) is 0 Å². The minimum absolute atomic E-state index is 0.0177. The first-order valence-corrected chi connectivity index (χ1v) is 9.47. The minimum Gasteiger partial charge on any atom is -0.350 e. The van der Waals surface area contributed by atoms with Crippen molar-refractivity contribution in [3.63, 3.8) is 0 Å². The zero-order valence-corrected chi connectivity index (χ0v) is 16.1. The van der Waals surface area contributed by atoms with E-state index in [9.17, 15) is 13.6 Å². The predicted molar refractivity (Wildman–Crippen MR) is 114 cm³/mol. The van der Waals surface area contributed by atoms with Crippen molar-refractivity contribution in [3.05, 3.63) is 107 Å². The van der Waals surface area contributed by atoms with Gasteiger partial charge in [-0.25, -0.2) is 13.8 Å². The lowest BCUT2D eigenvalue weighted by Crippen LogP contribution is -2.16. The number of Topliss-reactive ketones (excluding diaryl/α,β-unsaturated/α-hetero) is 1. The highest BCUT2D eigenvalue weighted by Crippen LogP contribution is 2.34. The molecule has 0 bridgehead atoms. The fourth-order valence-corrected chi connectivity index (χ4v) is 3.88. The van der Waals surface area contributed by atoms with Gasteiger partial charge >= 0.3 is 0 Å². The number of rotatable bonds is 2. The van der Waals surface area contributed by atoms with Crippen LogP contribution in [-0.4, -0.2) is 16.1 Å². The maximum atomic E-state index is 14.3. The molecule has 1 aliphatic carbocycles. The number of nitrogens with zero attached hydrogens (tertiary/aromatic N) is 2. The highest BCUT2D eigenvalue weighted by molar-refractivity contribution is 6.40. The van der Waals surface area contributed by atoms with Gasteiger partial charge in [0.15, 0.2) is 11.6 Å². The second kappa shape index (κ2) is 6.88. The molecule has 5 heteroatoms. The van der Waals surface area contributed by atoms with Gasteiger partial charge < -0.3 is 4.57 Å². The van der Waals surface area contributed by atoms with E-state index in [2.05, 4.69) is 4.99 Å². The number of halogens is 2. The summed E-state index contributed by atoms with van der Waals surface area (Å²) in [4.78, 5) is 17.8. The zero-order valence-electron chi connectivity index (χ0n) is 16.1. The molecule has 30 heavy (non-hydrogen) atoms. The van der Waals surface area contributed by atoms with Crippen molar-refractivity contribution >= 4 is 33.7 Å². The number of para-hydroxylation sites is 1. The van der Waals surface area contributed by atoms with Crippen molar-refractivity contribution in [2.24, 2.45) is 12.0 Å². The summed E-state index contributed by atoms with van der Waals surface area (Å²) in [5.74, 6) is -1.53. The van der Waals surface area contributed by atoms with Gasteiger partial charge in [0, 0.05) is 52.5 Å². The van der Waals surface area contributed by atoms with Crippen LogP contribution in [-0.2, 0) is 7.05 Å². The van der Waals surface area contributed by atoms with Gasteiger partial charge in [-0.05, 0) is 24.3 Å². The lowest BCUT2D eigenvalue weighted by molar-refractivity contribution is 0.105. The fraction of sp³-hybridized carbons (Fsp3) is 0.0400. The molecular formula is C25H16F2N2O. The van der Waals surface area contributed by atoms with Crippen LogP contribution >= 0.6 is 0 Å². The van der Waals surface area contributed by atoms with Crippen LogP contribution in [0.3, 0.4) is 0 Å². The number of fused-ring (bicyclic) bond motifs is 2. The molecule has 3 nitrogen and oxygen atoms in total. The van der Waals surface area contributed by atoms with Crippen molar-refractivity contribution < 1.29 is 13.6 Å². The number of carbonyl (C=O) groups is 1. The highest BCUT2D eigenvalue weighted by atomic mass is 19.1. The molecule has 4 aromatic rings. The summed E-state index contributed by atoms with van der Waals surface area (Å²) in [5, 5.41) is 0.950. The lowest BCUT2D eigenvalue weighted by atomic mass is 9.85. The average molecular weight is 398 g/mol. The number of aromatic nitrogens is 1. The third kappa shape index (κ3) is 2.87. The molecule has 0 saturated carbocycles. The van der Waals surface area contributed by atoms with Gasteiger partial charge in [-0.1, -0.05) is 42.5 Å². The second-order valence-corrected chi connectivity index (χ2v) is 7.20. The molecule has 1 heterocycles. The number of aryl methyl sites for hydroxylation is 1. The van der Waals surface area contributed by atoms with E-state index in [0.29, 0.717) is 22.4 Å². The van der Waals surface area contributed by atoms with E-state index in [1.54, 1.807) is 30.3 Å². The van der Waals surface area contributed by atoms with E-state index in [1.165, 1.54) is 6.07 Å². The summed E-state index contributed by atoms with van der Waals surface area (Å²) < 4.78 is 29.5. The molecule has 0 aliphatic heterocycles. The normalized spacial score (nSPS) is 14.8. The standard InChI is InChI=1S/C25H16F2N2O/c1-29-14-20(17-7-4-5-9-24(17)29)19-13-23(16-6-2-3-8-18(16)25(19)30)28-22-11-10-15(26)12-21(22)27/h2-14H,1H3. The van der Waals surface area contributed by atoms with Crippen LogP contribution in [0.1, 0.15) is 21.5 Å². The molecule has 5 rings (SSSR count). The quantitative estimate of drug-likeness (QED) is 0.417. The van der Waals surface area contributed by atoms with Gasteiger partial charge in [0.05, 0.1) is 11.4 Å². The van der Waals surface area contributed by atoms with Crippen LogP contribution < -0.4 is 0 Å². The Morgan fingerprint density at radius 3 is 2.40 bits per heavy atom. The van der Waals surface area contributed by atoms with Crippen LogP contribution in [0.5, 0.6) is 0 Å². The number of allylic oxidation sites excluding steroid dienone is 2. The maximum absolute atomic E-state index is 14.3. The van der Waals surface area contributed by atoms with Crippen LogP contribution in [0.4, 0.5) is 14.5 Å². The summed E-state index contributed by atoms with van der Waals surface area (Å²) in [6.07, 6.45) is 3.60. The van der Waals surface area contributed by atoms with Crippen LogP contribution in [0.25, 0.3) is 16.5 Å². The maximum Gasteiger partial charge on any atom is 0.194 e. The monoisotopic (exact) mass is 398 g/mol. The number of hydrogen-bond donors (Lipinski definition) is 0. The number of hydrogen-bond acceptors (Lipinski definition) is 2. The van der Waals surface area contributed by atoms with Crippen molar-refractivity contribution in [2.45, 2.75) is 0 Å². The van der Waals surface area contributed by atoms with Gasteiger partial charge in [0.1, 0.15) is 5.82 Å². The van der Waals surface area contributed by atoms with E-state index < -0.39 is 11.6 Å². The summed E-state index contributed by atoms with van der Waals surface area (Å²) in [6.45, 7) is 0. The molecule has 0 amide bonds. The zero-order chi connectivity index (χ0) is 20.8. The molecule has 0 spiro atoms.